The van der Waals surface area contributed by atoms with E-state index in [-0.39, 0.29) is 5.91 Å². The first-order valence-corrected chi connectivity index (χ1v) is 7.86. The number of benzene rings is 1. The summed E-state index contributed by atoms with van der Waals surface area (Å²) >= 11 is 2.88. The van der Waals surface area contributed by atoms with E-state index in [9.17, 15) is 4.79 Å². The number of anilines is 1. The summed E-state index contributed by atoms with van der Waals surface area (Å²) in [5.41, 5.74) is 2.93. The highest BCUT2D eigenvalue weighted by atomic mass is 32.1. The molecular formula is C15H12N2OS2. The van der Waals surface area contributed by atoms with Crippen molar-refractivity contribution in [2.75, 3.05) is 5.32 Å². The number of rotatable bonds is 3. The Hall–Kier alpha value is -1.98. The van der Waals surface area contributed by atoms with Gasteiger partial charge in [-0.1, -0.05) is 30.3 Å². The van der Waals surface area contributed by atoms with Crippen molar-refractivity contribution >= 4 is 33.7 Å². The van der Waals surface area contributed by atoms with Crippen molar-refractivity contribution in [2.45, 2.75) is 6.92 Å². The largest absolute Gasteiger partial charge is 0.297 e. The highest BCUT2D eigenvalue weighted by molar-refractivity contribution is 7.14. The Bertz CT molecular complexity index is 731. The molecule has 0 radical (unpaired) electrons. The molecule has 0 aliphatic rings. The molecule has 2 aromatic heterocycles. The fourth-order valence-electron chi connectivity index (χ4n) is 1.90. The van der Waals surface area contributed by atoms with Gasteiger partial charge in [-0.3, -0.25) is 10.1 Å². The minimum Gasteiger partial charge on any atom is -0.297 e. The minimum absolute atomic E-state index is 0.104. The Morgan fingerprint density at radius 1 is 1.15 bits per heavy atom. The van der Waals surface area contributed by atoms with Crippen LogP contribution >= 0.6 is 22.7 Å². The lowest BCUT2D eigenvalue weighted by Gasteiger charge is -2.03. The highest BCUT2D eigenvalue weighted by Gasteiger charge is 2.15. The molecule has 0 saturated carbocycles. The molecule has 3 rings (SSSR count). The van der Waals surface area contributed by atoms with E-state index in [2.05, 4.69) is 10.3 Å². The molecule has 0 atom stereocenters. The zero-order valence-electron chi connectivity index (χ0n) is 10.8. The van der Waals surface area contributed by atoms with Gasteiger partial charge in [0.1, 0.15) is 4.88 Å². The van der Waals surface area contributed by atoms with Gasteiger partial charge in [-0.25, -0.2) is 4.98 Å². The molecule has 3 nitrogen and oxygen atoms in total. The predicted octanol–water partition coefficient (Wildman–Crippen LogP) is 4.43. The van der Waals surface area contributed by atoms with Crippen LogP contribution in [0.5, 0.6) is 0 Å². The molecular weight excluding hydrogens is 288 g/mol. The van der Waals surface area contributed by atoms with Gasteiger partial charge in [0.05, 0.1) is 5.69 Å². The van der Waals surface area contributed by atoms with Crippen LogP contribution in [0.15, 0.2) is 47.2 Å². The fourth-order valence-corrected chi connectivity index (χ4v) is 3.39. The maximum absolute atomic E-state index is 12.3. The van der Waals surface area contributed by atoms with Crippen molar-refractivity contribution in [3.8, 4) is 11.1 Å². The number of nitrogens with zero attached hydrogens (tertiary/aromatic N) is 1. The summed E-state index contributed by atoms with van der Waals surface area (Å²) in [7, 11) is 0. The molecule has 0 unspecified atom stereocenters. The molecule has 0 aliphatic carbocycles. The SMILES string of the molecule is Cc1csc(NC(=O)c2sccc2-c2ccccc2)n1. The lowest BCUT2D eigenvalue weighted by molar-refractivity contribution is 0.103. The van der Waals surface area contributed by atoms with E-state index in [1.54, 1.807) is 0 Å². The molecule has 1 N–H and O–H groups in total. The summed E-state index contributed by atoms with van der Waals surface area (Å²) in [4.78, 5) is 17.3. The number of carbonyl (C=O) groups is 1. The first kappa shape index (κ1) is 13.0. The number of hydrogen-bond acceptors (Lipinski definition) is 4. The third-order valence-corrected chi connectivity index (χ3v) is 4.58. The number of hydrogen-bond donors (Lipinski definition) is 1. The number of nitrogens with one attached hydrogen (secondary N) is 1. The molecule has 5 heteroatoms. The Labute approximate surface area is 124 Å². The van der Waals surface area contributed by atoms with Gasteiger partial charge in [-0.05, 0) is 23.9 Å². The first-order chi connectivity index (χ1) is 9.74. The van der Waals surface area contributed by atoms with E-state index in [4.69, 9.17) is 0 Å². The van der Waals surface area contributed by atoms with Gasteiger partial charge >= 0.3 is 0 Å². The molecule has 100 valence electrons. The van der Waals surface area contributed by atoms with Crippen molar-refractivity contribution in [3.63, 3.8) is 0 Å². The van der Waals surface area contributed by atoms with Crippen molar-refractivity contribution in [2.24, 2.45) is 0 Å². The monoisotopic (exact) mass is 300 g/mol. The quantitative estimate of drug-likeness (QED) is 0.777. The van der Waals surface area contributed by atoms with Crippen LogP contribution in [-0.2, 0) is 0 Å². The number of thiazole rings is 1. The summed E-state index contributed by atoms with van der Waals surface area (Å²) in [5.74, 6) is -0.104. The summed E-state index contributed by atoms with van der Waals surface area (Å²) in [6.07, 6.45) is 0. The van der Waals surface area contributed by atoms with Crippen LogP contribution in [0, 0.1) is 6.92 Å². The Kier molecular flexibility index (Phi) is 3.62. The maximum atomic E-state index is 12.3. The van der Waals surface area contributed by atoms with Crippen molar-refractivity contribution in [3.05, 3.63) is 57.7 Å². The standard InChI is InChI=1S/C15H12N2OS2/c1-10-9-20-15(16-10)17-14(18)13-12(7-8-19-13)11-5-3-2-4-6-11/h2-9H,1H3,(H,16,17,18). The van der Waals surface area contributed by atoms with E-state index in [1.807, 2.05) is 54.1 Å². The molecule has 0 bridgehead atoms. The van der Waals surface area contributed by atoms with Gasteiger partial charge in [-0.15, -0.1) is 22.7 Å². The lowest BCUT2D eigenvalue weighted by atomic mass is 10.1. The average Bonchev–Trinajstić information content (AvgIpc) is 3.09. The smallest absolute Gasteiger partial charge is 0.268 e. The van der Waals surface area contributed by atoms with Gasteiger partial charge < -0.3 is 0 Å². The summed E-state index contributed by atoms with van der Waals surface area (Å²) < 4.78 is 0. The van der Waals surface area contributed by atoms with Gasteiger partial charge in [0, 0.05) is 10.9 Å². The van der Waals surface area contributed by atoms with Crippen molar-refractivity contribution in [1.82, 2.24) is 4.98 Å². The van der Waals surface area contributed by atoms with Crippen molar-refractivity contribution < 1.29 is 4.79 Å². The van der Waals surface area contributed by atoms with Crippen LogP contribution < -0.4 is 5.32 Å². The molecule has 0 fully saturated rings. The number of aromatic nitrogens is 1. The topological polar surface area (TPSA) is 42.0 Å². The van der Waals surface area contributed by atoms with Crippen LogP contribution in [0.1, 0.15) is 15.4 Å². The van der Waals surface area contributed by atoms with E-state index < -0.39 is 0 Å². The van der Waals surface area contributed by atoms with Crippen LogP contribution in [0.2, 0.25) is 0 Å². The Morgan fingerprint density at radius 3 is 2.65 bits per heavy atom. The van der Waals surface area contributed by atoms with E-state index in [0.29, 0.717) is 10.0 Å². The number of thiophene rings is 1. The molecule has 1 aromatic carbocycles. The minimum atomic E-state index is -0.104. The third-order valence-electron chi connectivity index (χ3n) is 2.80. The van der Waals surface area contributed by atoms with E-state index in [1.165, 1.54) is 22.7 Å². The second-order valence-electron chi connectivity index (χ2n) is 4.28. The van der Waals surface area contributed by atoms with Gasteiger partial charge in [0.15, 0.2) is 5.13 Å². The van der Waals surface area contributed by atoms with Crippen LogP contribution in [0.3, 0.4) is 0 Å². The molecule has 3 aromatic rings. The molecule has 1 amide bonds. The third kappa shape index (κ3) is 2.64. The normalized spacial score (nSPS) is 10.4. The zero-order valence-corrected chi connectivity index (χ0v) is 12.4. The lowest BCUT2D eigenvalue weighted by Crippen LogP contribution is -2.11. The van der Waals surface area contributed by atoms with E-state index in [0.717, 1.165) is 16.8 Å². The summed E-state index contributed by atoms with van der Waals surface area (Å²) in [5, 5.41) is 7.35. The summed E-state index contributed by atoms with van der Waals surface area (Å²) in [6, 6.07) is 11.9. The first-order valence-electron chi connectivity index (χ1n) is 6.10. The van der Waals surface area contributed by atoms with Gasteiger partial charge in [0.2, 0.25) is 0 Å². The van der Waals surface area contributed by atoms with Crippen LogP contribution in [0.4, 0.5) is 5.13 Å². The Morgan fingerprint density at radius 2 is 1.95 bits per heavy atom. The van der Waals surface area contributed by atoms with Gasteiger partial charge in [-0.2, -0.15) is 0 Å². The van der Waals surface area contributed by atoms with Gasteiger partial charge in [0.25, 0.3) is 5.91 Å². The highest BCUT2D eigenvalue weighted by Crippen LogP contribution is 2.29. The average molecular weight is 300 g/mol. The fraction of sp³-hybridized carbons (Fsp3) is 0.0667. The number of aryl methyl sites for hydroxylation is 1. The summed E-state index contributed by atoms with van der Waals surface area (Å²) in [6.45, 7) is 1.91. The Balaban J connectivity index is 1.88. The van der Waals surface area contributed by atoms with Crippen LogP contribution in [-0.4, -0.2) is 10.9 Å². The zero-order chi connectivity index (χ0) is 13.9. The molecule has 0 aliphatic heterocycles. The second-order valence-corrected chi connectivity index (χ2v) is 6.05. The van der Waals surface area contributed by atoms with Crippen LogP contribution in [0.25, 0.3) is 11.1 Å². The number of amides is 1. The number of carbonyl (C=O) groups excluding carboxylic acids is 1. The molecule has 0 spiro atoms. The van der Waals surface area contributed by atoms with E-state index >= 15 is 0 Å². The van der Waals surface area contributed by atoms with Crippen molar-refractivity contribution in [1.29, 1.82) is 0 Å². The second kappa shape index (κ2) is 5.56. The predicted molar refractivity (Wildman–Crippen MR) is 84.6 cm³/mol. The maximum Gasteiger partial charge on any atom is 0.268 e. The molecule has 20 heavy (non-hydrogen) atoms. The molecule has 0 saturated heterocycles. The molecule has 2 heterocycles.